The van der Waals surface area contributed by atoms with Crippen LogP contribution >= 0.6 is 0 Å². The molecule has 0 saturated heterocycles. The second-order valence-electron chi connectivity index (χ2n) is 7.58. The number of ether oxygens (including phenoxy) is 2. The molecule has 0 radical (unpaired) electrons. The fourth-order valence-electron chi connectivity index (χ4n) is 3.44. The highest BCUT2D eigenvalue weighted by Crippen LogP contribution is 2.31. The average Bonchev–Trinajstić information content (AvgIpc) is 2.58. The van der Waals surface area contributed by atoms with Gasteiger partial charge < -0.3 is 14.4 Å². The van der Waals surface area contributed by atoms with Crippen molar-refractivity contribution in [2.45, 2.75) is 98.0 Å². The molecule has 0 aliphatic rings. The maximum atomic E-state index is 6.01. The summed E-state index contributed by atoms with van der Waals surface area (Å²) in [5.41, 5.74) is -0.0946. The second kappa shape index (κ2) is 15.2. The number of hydrogen-bond donors (Lipinski definition) is 0. The minimum atomic E-state index is -0.0946. The van der Waals surface area contributed by atoms with Crippen LogP contribution in [0.3, 0.4) is 0 Å². The van der Waals surface area contributed by atoms with Crippen molar-refractivity contribution in [2.24, 2.45) is 5.92 Å². The van der Waals surface area contributed by atoms with Crippen molar-refractivity contribution in [2.75, 3.05) is 33.5 Å². The third-order valence-corrected chi connectivity index (χ3v) is 5.36. The van der Waals surface area contributed by atoms with Crippen LogP contribution in [-0.4, -0.2) is 44.0 Å². The highest BCUT2D eigenvalue weighted by molar-refractivity contribution is 4.80. The Morgan fingerprint density at radius 2 is 1.42 bits per heavy atom. The molecule has 0 aromatic carbocycles. The molecule has 0 aromatic rings. The maximum Gasteiger partial charge on any atom is 0.147 e. The van der Waals surface area contributed by atoms with Gasteiger partial charge in [0.15, 0.2) is 0 Å². The third-order valence-electron chi connectivity index (χ3n) is 5.36. The number of rotatable bonds is 17. The zero-order chi connectivity index (χ0) is 18.3. The molecule has 0 amide bonds. The quantitative estimate of drug-likeness (QED) is 0.243. The first kappa shape index (κ1) is 23.9. The van der Waals surface area contributed by atoms with Crippen molar-refractivity contribution in [3.8, 4) is 0 Å². The van der Waals surface area contributed by atoms with Crippen LogP contribution in [0.25, 0.3) is 0 Å². The molecule has 1 atom stereocenters. The molecule has 0 rings (SSSR count). The first-order valence-corrected chi connectivity index (χ1v) is 10.4. The second-order valence-corrected chi connectivity index (χ2v) is 7.58. The van der Waals surface area contributed by atoms with Crippen LogP contribution in [0.15, 0.2) is 0 Å². The Kier molecular flexibility index (Phi) is 15.1. The van der Waals surface area contributed by atoms with Gasteiger partial charge >= 0.3 is 0 Å². The van der Waals surface area contributed by atoms with Gasteiger partial charge in [-0.05, 0) is 58.7 Å². The Bertz CT molecular complexity index is 265. The Balaban J connectivity index is 4.32. The Labute approximate surface area is 152 Å². The standard InChI is InChI=1S/C21H45NO2/c1-7-10-11-12-13-14-16-20(21(4,5)24-19-23-6)17-15-18-22(8-2)9-3/h20H,7-19H2,1-6H3. The lowest BCUT2D eigenvalue weighted by molar-refractivity contribution is -0.141. The van der Waals surface area contributed by atoms with Crippen LogP contribution in [0.1, 0.15) is 92.4 Å². The summed E-state index contributed by atoms with van der Waals surface area (Å²) in [6.07, 6.45) is 12.0. The van der Waals surface area contributed by atoms with Crippen LogP contribution < -0.4 is 0 Å². The zero-order valence-corrected chi connectivity index (χ0v) is 17.5. The molecule has 0 aliphatic carbocycles. The summed E-state index contributed by atoms with van der Waals surface area (Å²) in [6.45, 7) is 15.2. The summed E-state index contributed by atoms with van der Waals surface area (Å²) in [4.78, 5) is 2.52. The van der Waals surface area contributed by atoms with Crippen LogP contribution in [-0.2, 0) is 9.47 Å². The molecule has 0 aromatic heterocycles. The SMILES string of the molecule is CCCCCCCCC(CCCN(CC)CC)C(C)(C)OCOC. The van der Waals surface area contributed by atoms with Gasteiger partial charge in [-0.15, -0.1) is 0 Å². The summed E-state index contributed by atoms with van der Waals surface area (Å²) in [7, 11) is 1.71. The summed E-state index contributed by atoms with van der Waals surface area (Å²) in [5.74, 6) is 0.620. The molecule has 0 N–H and O–H groups in total. The largest absolute Gasteiger partial charge is 0.359 e. The molecule has 0 fully saturated rings. The lowest BCUT2D eigenvalue weighted by atomic mass is 9.82. The van der Waals surface area contributed by atoms with Gasteiger partial charge in [-0.2, -0.15) is 0 Å². The Morgan fingerprint density at radius 1 is 0.833 bits per heavy atom. The molecule has 1 unspecified atom stereocenters. The van der Waals surface area contributed by atoms with E-state index in [4.69, 9.17) is 9.47 Å². The first-order valence-electron chi connectivity index (χ1n) is 10.4. The van der Waals surface area contributed by atoms with Crippen molar-refractivity contribution in [1.82, 2.24) is 4.90 Å². The molecule has 146 valence electrons. The summed E-state index contributed by atoms with van der Waals surface area (Å²) >= 11 is 0. The van der Waals surface area contributed by atoms with Gasteiger partial charge in [0, 0.05) is 7.11 Å². The predicted octanol–water partition coefficient (Wildman–Crippen LogP) is 5.87. The summed E-state index contributed by atoms with van der Waals surface area (Å²) in [5, 5.41) is 0. The van der Waals surface area contributed by atoms with E-state index in [9.17, 15) is 0 Å². The van der Waals surface area contributed by atoms with Crippen molar-refractivity contribution in [3.63, 3.8) is 0 Å². The molecular weight excluding hydrogens is 298 g/mol. The van der Waals surface area contributed by atoms with E-state index in [-0.39, 0.29) is 5.60 Å². The lowest BCUT2D eigenvalue weighted by Gasteiger charge is -2.35. The number of hydrogen-bond acceptors (Lipinski definition) is 3. The van der Waals surface area contributed by atoms with Gasteiger partial charge in [0.1, 0.15) is 6.79 Å². The van der Waals surface area contributed by atoms with E-state index in [1.54, 1.807) is 7.11 Å². The highest BCUT2D eigenvalue weighted by Gasteiger charge is 2.29. The average molecular weight is 344 g/mol. The fraction of sp³-hybridized carbons (Fsp3) is 1.00. The fourth-order valence-corrected chi connectivity index (χ4v) is 3.44. The topological polar surface area (TPSA) is 21.7 Å². The smallest absolute Gasteiger partial charge is 0.147 e. The van der Waals surface area contributed by atoms with Crippen molar-refractivity contribution < 1.29 is 9.47 Å². The summed E-state index contributed by atoms with van der Waals surface area (Å²) in [6, 6.07) is 0. The Hall–Kier alpha value is -0.120. The zero-order valence-electron chi connectivity index (χ0n) is 17.5. The molecule has 0 bridgehead atoms. The molecular formula is C21H45NO2. The molecule has 0 saturated carbocycles. The van der Waals surface area contributed by atoms with E-state index in [0.29, 0.717) is 12.7 Å². The van der Waals surface area contributed by atoms with Gasteiger partial charge in [0.2, 0.25) is 0 Å². The van der Waals surface area contributed by atoms with Crippen LogP contribution in [0, 0.1) is 5.92 Å². The molecule has 0 spiro atoms. The molecule has 3 heteroatoms. The van der Waals surface area contributed by atoms with Gasteiger partial charge in [-0.3, -0.25) is 0 Å². The van der Waals surface area contributed by atoms with Crippen LogP contribution in [0.5, 0.6) is 0 Å². The van der Waals surface area contributed by atoms with Gasteiger partial charge in [-0.25, -0.2) is 0 Å². The van der Waals surface area contributed by atoms with E-state index in [0.717, 1.165) is 13.1 Å². The number of nitrogens with zero attached hydrogens (tertiary/aromatic N) is 1. The van der Waals surface area contributed by atoms with Crippen LogP contribution in [0.2, 0.25) is 0 Å². The van der Waals surface area contributed by atoms with Crippen molar-refractivity contribution in [3.05, 3.63) is 0 Å². The van der Waals surface area contributed by atoms with Gasteiger partial charge in [0.05, 0.1) is 5.60 Å². The monoisotopic (exact) mass is 343 g/mol. The molecule has 0 heterocycles. The van der Waals surface area contributed by atoms with Crippen molar-refractivity contribution in [1.29, 1.82) is 0 Å². The third kappa shape index (κ3) is 11.4. The van der Waals surface area contributed by atoms with Gasteiger partial charge in [0.25, 0.3) is 0 Å². The van der Waals surface area contributed by atoms with Crippen LogP contribution in [0.4, 0.5) is 0 Å². The van der Waals surface area contributed by atoms with Crippen molar-refractivity contribution >= 4 is 0 Å². The highest BCUT2D eigenvalue weighted by atomic mass is 16.7. The van der Waals surface area contributed by atoms with E-state index in [1.165, 1.54) is 64.3 Å². The molecule has 24 heavy (non-hydrogen) atoms. The number of unbranched alkanes of at least 4 members (excludes halogenated alkanes) is 5. The lowest BCUT2D eigenvalue weighted by Crippen LogP contribution is -2.36. The minimum Gasteiger partial charge on any atom is -0.359 e. The van der Waals surface area contributed by atoms with E-state index >= 15 is 0 Å². The number of methoxy groups -OCH3 is 1. The molecule has 0 aliphatic heterocycles. The minimum absolute atomic E-state index is 0.0946. The predicted molar refractivity (Wildman–Crippen MR) is 106 cm³/mol. The first-order chi connectivity index (χ1) is 11.5. The van der Waals surface area contributed by atoms with E-state index in [2.05, 4.69) is 39.5 Å². The Morgan fingerprint density at radius 3 is 2.00 bits per heavy atom. The molecule has 3 nitrogen and oxygen atoms in total. The summed E-state index contributed by atoms with van der Waals surface area (Å²) < 4.78 is 11.2. The normalized spacial score (nSPS) is 13.6. The van der Waals surface area contributed by atoms with E-state index < -0.39 is 0 Å². The van der Waals surface area contributed by atoms with Gasteiger partial charge in [-0.1, -0.05) is 59.3 Å². The maximum absolute atomic E-state index is 6.01. The van der Waals surface area contributed by atoms with E-state index in [1.807, 2.05) is 0 Å².